The van der Waals surface area contributed by atoms with Crippen molar-refractivity contribution in [3.8, 4) is 0 Å². The Labute approximate surface area is 117 Å². The lowest BCUT2D eigenvalue weighted by Crippen LogP contribution is -2.11. The lowest BCUT2D eigenvalue weighted by atomic mass is 9.83. The molecule has 0 aromatic heterocycles. The molecule has 18 heavy (non-hydrogen) atoms. The summed E-state index contributed by atoms with van der Waals surface area (Å²) in [7, 11) is 0. The molecule has 0 bridgehead atoms. The van der Waals surface area contributed by atoms with Gasteiger partial charge in [-0.25, -0.2) is 0 Å². The van der Waals surface area contributed by atoms with Gasteiger partial charge in [-0.15, -0.1) is 0 Å². The molecule has 0 nitrogen and oxygen atoms in total. The molecule has 0 rings (SSSR count). The molecule has 0 spiro atoms. The predicted molar refractivity (Wildman–Crippen MR) is 85.0 cm³/mol. The smallest absolute Gasteiger partial charge is 0.0412 e. The fourth-order valence-electron chi connectivity index (χ4n) is 2.71. The Morgan fingerprint density at radius 2 is 1.22 bits per heavy atom. The number of unbranched alkanes of at least 4 members (excludes halogenated alkanes) is 5. The fraction of sp³-hybridized carbons (Fsp3) is 1.00. The zero-order valence-corrected chi connectivity index (χ0v) is 13.8. The van der Waals surface area contributed by atoms with E-state index in [2.05, 4.69) is 34.6 Å². The van der Waals surface area contributed by atoms with Crippen LogP contribution in [0.2, 0.25) is 0 Å². The Kier molecular flexibility index (Phi) is 12.1. The largest absolute Gasteiger partial charge is 0.0654 e. The molecule has 2 unspecified atom stereocenters. The van der Waals surface area contributed by atoms with Crippen molar-refractivity contribution in [1.82, 2.24) is 0 Å². The van der Waals surface area contributed by atoms with E-state index in [9.17, 15) is 0 Å². The molecule has 0 fully saturated rings. The van der Waals surface area contributed by atoms with E-state index in [1.165, 1.54) is 64.2 Å². The van der Waals surface area contributed by atoms with Crippen molar-refractivity contribution >= 4 is 0 Å². The van der Waals surface area contributed by atoms with Gasteiger partial charge in [0.05, 0.1) is 0 Å². The average Bonchev–Trinajstić information content (AvgIpc) is 2.34. The first-order valence-corrected chi connectivity index (χ1v) is 8.61. The highest BCUT2D eigenvalue weighted by molar-refractivity contribution is 4.66. The summed E-state index contributed by atoms with van der Waals surface area (Å²) in [6.07, 6.45) is 14.4. The van der Waals surface area contributed by atoms with Crippen molar-refractivity contribution in [3.05, 3.63) is 0 Å². The molecular formula is C18H38. The van der Waals surface area contributed by atoms with Crippen molar-refractivity contribution in [2.24, 2.45) is 17.8 Å². The van der Waals surface area contributed by atoms with Crippen LogP contribution in [0.5, 0.6) is 0 Å². The third-order valence-corrected chi connectivity index (χ3v) is 4.53. The summed E-state index contributed by atoms with van der Waals surface area (Å²) in [5.74, 6) is 2.76. The highest BCUT2D eigenvalue weighted by Gasteiger charge is 2.15. The van der Waals surface area contributed by atoms with Gasteiger partial charge < -0.3 is 0 Å². The molecule has 0 saturated heterocycles. The molecule has 0 radical (unpaired) electrons. The van der Waals surface area contributed by atoms with Crippen LogP contribution in [0.25, 0.3) is 0 Å². The second-order valence-electron chi connectivity index (χ2n) is 6.67. The molecule has 0 saturated carbocycles. The SMILES string of the molecule is CCCCCCCC(CCCC)CC(C)C(C)C. The summed E-state index contributed by atoms with van der Waals surface area (Å²) in [5, 5.41) is 0. The topological polar surface area (TPSA) is 0 Å². The van der Waals surface area contributed by atoms with E-state index in [4.69, 9.17) is 0 Å². The summed E-state index contributed by atoms with van der Waals surface area (Å²) in [6.45, 7) is 11.8. The lowest BCUT2D eigenvalue weighted by Gasteiger charge is -2.23. The highest BCUT2D eigenvalue weighted by Crippen LogP contribution is 2.27. The molecule has 0 aromatic carbocycles. The molecule has 0 aliphatic rings. The maximum Gasteiger partial charge on any atom is -0.0412 e. The van der Waals surface area contributed by atoms with E-state index in [0.29, 0.717) is 0 Å². The molecule has 110 valence electrons. The molecule has 0 heterocycles. The van der Waals surface area contributed by atoms with Crippen molar-refractivity contribution in [2.45, 2.75) is 98.8 Å². The van der Waals surface area contributed by atoms with Gasteiger partial charge >= 0.3 is 0 Å². The van der Waals surface area contributed by atoms with Gasteiger partial charge in [0.25, 0.3) is 0 Å². The van der Waals surface area contributed by atoms with Crippen LogP contribution in [0.3, 0.4) is 0 Å². The van der Waals surface area contributed by atoms with Crippen molar-refractivity contribution in [2.75, 3.05) is 0 Å². The zero-order valence-electron chi connectivity index (χ0n) is 13.8. The minimum absolute atomic E-state index is 0.856. The summed E-state index contributed by atoms with van der Waals surface area (Å²) in [6, 6.07) is 0. The molecule has 2 atom stereocenters. The van der Waals surface area contributed by atoms with Gasteiger partial charge in [0.1, 0.15) is 0 Å². The monoisotopic (exact) mass is 254 g/mol. The van der Waals surface area contributed by atoms with Crippen LogP contribution >= 0.6 is 0 Å². The fourth-order valence-corrected chi connectivity index (χ4v) is 2.71. The molecule has 0 heteroatoms. The van der Waals surface area contributed by atoms with Crippen LogP contribution in [-0.2, 0) is 0 Å². The van der Waals surface area contributed by atoms with Gasteiger partial charge in [-0.05, 0) is 24.2 Å². The first-order valence-electron chi connectivity index (χ1n) is 8.61. The Morgan fingerprint density at radius 3 is 1.78 bits per heavy atom. The molecular weight excluding hydrogens is 216 g/mol. The van der Waals surface area contributed by atoms with E-state index >= 15 is 0 Å². The number of rotatable bonds is 12. The van der Waals surface area contributed by atoms with E-state index in [1.54, 1.807) is 0 Å². The Balaban J connectivity index is 3.83. The summed E-state index contributed by atoms with van der Waals surface area (Å²) in [5.41, 5.74) is 0. The van der Waals surface area contributed by atoms with E-state index in [-0.39, 0.29) is 0 Å². The predicted octanol–water partition coefficient (Wildman–Crippen LogP) is 6.84. The minimum atomic E-state index is 0.856. The Morgan fingerprint density at radius 1 is 0.667 bits per heavy atom. The normalized spacial score (nSPS) is 15.0. The lowest BCUT2D eigenvalue weighted by molar-refractivity contribution is 0.284. The molecule has 0 aliphatic heterocycles. The van der Waals surface area contributed by atoms with Crippen LogP contribution in [0.15, 0.2) is 0 Å². The molecule has 0 aliphatic carbocycles. The quantitative estimate of drug-likeness (QED) is 0.335. The second kappa shape index (κ2) is 12.1. The third kappa shape index (κ3) is 9.97. The minimum Gasteiger partial charge on any atom is -0.0654 e. The molecule has 0 aromatic rings. The van der Waals surface area contributed by atoms with Crippen LogP contribution < -0.4 is 0 Å². The Hall–Kier alpha value is 0. The van der Waals surface area contributed by atoms with E-state index < -0.39 is 0 Å². The summed E-state index contributed by atoms with van der Waals surface area (Å²) in [4.78, 5) is 0. The van der Waals surface area contributed by atoms with Crippen molar-refractivity contribution in [1.29, 1.82) is 0 Å². The van der Waals surface area contributed by atoms with Gasteiger partial charge in [0, 0.05) is 0 Å². The first kappa shape index (κ1) is 18.0. The number of hydrogen-bond acceptors (Lipinski definition) is 0. The van der Waals surface area contributed by atoms with Gasteiger partial charge in [-0.3, -0.25) is 0 Å². The van der Waals surface area contributed by atoms with E-state index in [1.807, 2.05) is 0 Å². The van der Waals surface area contributed by atoms with Gasteiger partial charge in [-0.1, -0.05) is 92.4 Å². The van der Waals surface area contributed by atoms with Crippen LogP contribution in [0, 0.1) is 17.8 Å². The third-order valence-electron chi connectivity index (χ3n) is 4.53. The van der Waals surface area contributed by atoms with Gasteiger partial charge in [0.15, 0.2) is 0 Å². The maximum atomic E-state index is 2.45. The zero-order chi connectivity index (χ0) is 13.8. The second-order valence-corrected chi connectivity index (χ2v) is 6.67. The van der Waals surface area contributed by atoms with Crippen LogP contribution in [0.4, 0.5) is 0 Å². The molecule has 0 N–H and O–H groups in total. The van der Waals surface area contributed by atoms with Gasteiger partial charge in [-0.2, -0.15) is 0 Å². The highest BCUT2D eigenvalue weighted by atomic mass is 14.2. The average molecular weight is 255 g/mol. The Bertz CT molecular complexity index is 159. The van der Waals surface area contributed by atoms with Crippen molar-refractivity contribution < 1.29 is 0 Å². The standard InChI is InChI=1S/C18H38/c1-6-8-10-11-12-14-18(13-9-7-2)15-17(5)16(3)4/h16-18H,6-15H2,1-5H3. The molecule has 0 amide bonds. The van der Waals surface area contributed by atoms with Gasteiger partial charge in [0.2, 0.25) is 0 Å². The van der Waals surface area contributed by atoms with E-state index in [0.717, 1.165) is 17.8 Å². The number of hydrogen-bond donors (Lipinski definition) is 0. The van der Waals surface area contributed by atoms with Crippen molar-refractivity contribution in [3.63, 3.8) is 0 Å². The van der Waals surface area contributed by atoms with Crippen LogP contribution in [-0.4, -0.2) is 0 Å². The summed E-state index contributed by atoms with van der Waals surface area (Å²) < 4.78 is 0. The maximum absolute atomic E-state index is 2.45. The van der Waals surface area contributed by atoms with Crippen LogP contribution in [0.1, 0.15) is 98.8 Å². The summed E-state index contributed by atoms with van der Waals surface area (Å²) >= 11 is 0. The first-order chi connectivity index (χ1) is 8.61.